The van der Waals surface area contributed by atoms with E-state index in [-0.39, 0.29) is 0 Å². The first-order valence-corrected chi connectivity index (χ1v) is 5.28. The van der Waals surface area contributed by atoms with Crippen molar-refractivity contribution in [3.05, 3.63) is 17.1 Å². The molecule has 15 heavy (non-hydrogen) atoms. The number of rotatable bonds is 0. The highest BCUT2D eigenvalue weighted by Crippen LogP contribution is 2.31. The molecule has 1 aliphatic rings. The molecular weight excluding hydrogens is 188 g/mol. The Kier molecular flexibility index (Phi) is 1.58. The summed E-state index contributed by atoms with van der Waals surface area (Å²) in [6, 6.07) is 0. The molecule has 2 heterocycles. The van der Waals surface area contributed by atoms with Crippen LogP contribution in [0.25, 0.3) is 11.0 Å². The normalized spacial score (nSPS) is 14.8. The summed E-state index contributed by atoms with van der Waals surface area (Å²) in [7, 11) is 2.04. The van der Waals surface area contributed by atoms with Crippen LogP contribution in [0.15, 0.2) is 0 Å². The second-order valence-corrected chi connectivity index (χ2v) is 4.19. The maximum Gasteiger partial charge on any atom is 0.151 e. The van der Waals surface area contributed by atoms with Gasteiger partial charge in [-0.1, -0.05) is 0 Å². The monoisotopic (exact) mass is 202 g/mol. The second-order valence-electron chi connectivity index (χ2n) is 4.19. The van der Waals surface area contributed by atoms with Crippen molar-refractivity contribution in [3.8, 4) is 0 Å². The molecule has 1 aliphatic carbocycles. The van der Waals surface area contributed by atoms with Crippen molar-refractivity contribution >= 4 is 16.9 Å². The first kappa shape index (κ1) is 8.71. The Morgan fingerprint density at radius 2 is 2.07 bits per heavy atom. The molecule has 2 N–H and O–H groups in total. The van der Waals surface area contributed by atoms with Crippen LogP contribution in [0.1, 0.15) is 23.5 Å². The van der Waals surface area contributed by atoms with Crippen LogP contribution in [0, 0.1) is 6.92 Å². The van der Waals surface area contributed by atoms with Gasteiger partial charge in [0.05, 0.1) is 5.52 Å². The predicted octanol–water partition coefficient (Wildman–Crippen LogP) is 1.35. The third kappa shape index (κ3) is 1.02. The highest BCUT2D eigenvalue weighted by atomic mass is 15.1. The third-order valence-corrected chi connectivity index (χ3v) is 3.29. The maximum absolute atomic E-state index is 5.92. The number of fused-ring (bicyclic) bond motifs is 3. The van der Waals surface area contributed by atoms with Crippen molar-refractivity contribution in [3.63, 3.8) is 0 Å². The molecule has 0 atom stereocenters. The van der Waals surface area contributed by atoms with E-state index in [1.165, 1.54) is 23.2 Å². The summed E-state index contributed by atoms with van der Waals surface area (Å²) in [4.78, 5) is 8.90. The average Bonchev–Trinajstić information content (AvgIpc) is 2.74. The van der Waals surface area contributed by atoms with Gasteiger partial charge in [-0.3, -0.25) is 0 Å². The predicted molar refractivity (Wildman–Crippen MR) is 59.7 cm³/mol. The Hall–Kier alpha value is -1.58. The number of nitrogens with zero attached hydrogens (tertiary/aromatic N) is 3. The van der Waals surface area contributed by atoms with Gasteiger partial charge in [-0.05, 0) is 31.7 Å². The van der Waals surface area contributed by atoms with Crippen LogP contribution in [0.5, 0.6) is 0 Å². The fraction of sp³-hybridized carbons (Fsp3) is 0.455. The van der Waals surface area contributed by atoms with Gasteiger partial charge in [-0.2, -0.15) is 0 Å². The molecule has 0 aliphatic heterocycles. The summed E-state index contributed by atoms with van der Waals surface area (Å²) in [5.74, 6) is 1.58. The van der Waals surface area contributed by atoms with Gasteiger partial charge in [0, 0.05) is 12.7 Å². The largest absolute Gasteiger partial charge is 0.382 e. The zero-order valence-corrected chi connectivity index (χ0v) is 9.04. The van der Waals surface area contributed by atoms with Crippen LogP contribution >= 0.6 is 0 Å². The van der Waals surface area contributed by atoms with Gasteiger partial charge in [-0.25, -0.2) is 9.97 Å². The Morgan fingerprint density at radius 1 is 1.27 bits per heavy atom. The van der Waals surface area contributed by atoms with E-state index in [1.807, 2.05) is 14.0 Å². The number of aromatic nitrogens is 3. The maximum atomic E-state index is 5.92. The Bertz CT molecular complexity index is 553. The molecule has 0 spiro atoms. The summed E-state index contributed by atoms with van der Waals surface area (Å²) in [6.45, 7) is 2.00. The molecule has 2 aromatic rings. The summed E-state index contributed by atoms with van der Waals surface area (Å²) < 4.78 is 2.12. The number of hydrogen-bond acceptors (Lipinski definition) is 3. The van der Waals surface area contributed by atoms with E-state index < -0.39 is 0 Å². The van der Waals surface area contributed by atoms with Gasteiger partial charge < -0.3 is 10.3 Å². The van der Waals surface area contributed by atoms with Gasteiger partial charge >= 0.3 is 0 Å². The number of nitrogen functional groups attached to an aromatic ring is 1. The van der Waals surface area contributed by atoms with Crippen molar-refractivity contribution in [2.45, 2.75) is 26.2 Å². The van der Waals surface area contributed by atoms with E-state index in [2.05, 4.69) is 14.5 Å². The van der Waals surface area contributed by atoms with E-state index in [9.17, 15) is 0 Å². The van der Waals surface area contributed by atoms with Gasteiger partial charge in [0.2, 0.25) is 0 Å². The molecule has 0 fully saturated rings. The minimum atomic E-state index is 0.578. The Morgan fingerprint density at radius 3 is 2.87 bits per heavy atom. The van der Waals surface area contributed by atoms with Gasteiger partial charge in [0.1, 0.15) is 11.3 Å². The first-order chi connectivity index (χ1) is 7.18. The molecule has 3 rings (SSSR count). The van der Waals surface area contributed by atoms with Crippen LogP contribution in [0.4, 0.5) is 5.82 Å². The topological polar surface area (TPSA) is 56.7 Å². The zero-order chi connectivity index (χ0) is 10.6. The van der Waals surface area contributed by atoms with Crippen molar-refractivity contribution in [1.82, 2.24) is 14.5 Å². The quantitative estimate of drug-likeness (QED) is 0.701. The summed E-state index contributed by atoms with van der Waals surface area (Å²) in [5, 5.41) is 0. The summed E-state index contributed by atoms with van der Waals surface area (Å²) >= 11 is 0. The van der Waals surface area contributed by atoms with Crippen molar-refractivity contribution in [2.75, 3.05) is 5.73 Å². The molecule has 0 radical (unpaired) electrons. The molecular formula is C11H14N4. The smallest absolute Gasteiger partial charge is 0.151 e. The third-order valence-electron chi connectivity index (χ3n) is 3.29. The standard InChI is InChI=1S/C11H14N4/c1-6-13-9-10(15(6)2)7-4-3-5-8(7)14-11(9)12/h3-5H2,1-2H3,(H2,12,14). The lowest BCUT2D eigenvalue weighted by atomic mass is 10.2. The summed E-state index contributed by atoms with van der Waals surface area (Å²) in [5.41, 5.74) is 10.5. The molecule has 0 saturated heterocycles. The number of imidazole rings is 1. The number of hydrogen-bond donors (Lipinski definition) is 1. The summed E-state index contributed by atoms with van der Waals surface area (Å²) in [6.07, 6.45) is 3.35. The molecule has 2 aromatic heterocycles. The van der Waals surface area contributed by atoms with Crippen molar-refractivity contribution in [2.24, 2.45) is 7.05 Å². The van der Waals surface area contributed by atoms with E-state index in [4.69, 9.17) is 5.73 Å². The number of anilines is 1. The minimum Gasteiger partial charge on any atom is -0.382 e. The Balaban J connectivity index is 2.51. The lowest BCUT2D eigenvalue weighted by Crippen LogP contribution is -2.00. The van der Waals surface area contributed by atoms with Gasteiger partial charge in [0.25, 0.3) is 0 Å². The lowest BCUT2D eigenvalue weighted by Gasteiger charge is -2.05. The molecule has 0 saturated carbocycles. The molecule has 0 amide bonds. The number of pyridine rings is 1. The SMILES string of the molecule is Cc1nc2c(N)nc3c(c2n1C)CCC3. The fourth-order valence-electron chi connectivity index (χ4n) is 2.44. The van der Waals surface area contributed by atoms with E-state index >= 15 is 0 Å². The van der Waals surface area contributed by atoms with E-state index in [0.29, 0.717) is 5.82 Å². The molecule has 0 unspecified atom stereocenters. The van der Waals surface area contributed by atoms with E-state index in [0.717, 1.165) is 24.2 Å². The second kappa shape index (κ2) is 2.72. The minimum absolute atomic E-state index is 0.578. The van der Waals surface area contributed by atoms with Crippen molar-refractivity contribution < 1.29 is 0 Å². The molecule has 4 nitrogen and oxygen atoms in total. The van der Waals surface area contributed by atoms with Crippen molar-refractivity contribution in [1.29, 1.82) is 0 Å². The van der Waals surface area contributed by atoms with Crippen LogP contribution in [-0.2, 0) is 19.9 Å². The average molecular weight is 202 g/mol. The van der Waals surface area contributed by atoms with E-state index in [1.54, 1.807) is 0 Å². The lowest BCUT2D eigenvalue weighted by molar-refractivity contribution is 0.873. The highest BCUT2D eigenvalue weighted by Gasteiger charge is 2.21. The molecule has 0 aromatic carbocycles. The van der Waals surface area contributed by atoms with Gasteiger partial charge in [0.15, 0.2) is 5.82 Å². The molecule has 4 heteroatoms. The molecule has 78 valence electrons. The van der Waals surface area contributed by atoms with Crippen LogP contribution < -0.4 is 5.73 Å². The Labute approximate surface area is 88.1 Å². The van der Waals surface area contributed by atoms with Crippen LogP contribution in [-0.4, -0.2) is 14.5 Å². The highest BCUT2D eigenvalue weighted by molar-refractivity contribution is 5.89. The van der Waals surface area contributed by atoms with Crippen LogP contribution in [0.2, 0.25) is 0 Å². The van der Waals surface area contributed by atoms with Crippen LogP contribution in [0.3, 0.4) is 0 Å². The molecule has 0 bridgehead atoms. The fourth-order valence-corrected chi connectivity index (χ4v) is 2.44. The number of aryl methyl sites for hydroxylation is 4. The first-order valence-electron chi connectivity index (χ1n) is 5.28. The zero-order valence-electron chi connectivity index (χ0n) is 9.04. The number of nitrogens with two attached hydrogens (primary N) is 1. The van der Waals surface area contributed by atoms with Gasteiger partial charge in [-0.15, -0.1) is 0 Å².